The molecule has 0 bridgehead atoms. The zero-order valence-electron chi connectivity index (χ0n) is 12.8. The topological polar surface area (TPSA) is 70.8 Å². The van der Waals surface area contributed by atoms with Crippen LogP contribution in [0.5, 0.6) is 5.75 Å². The van der Waals surface area contributed by atoms with Crippen molar-refractivity contribution in [1.29, 1.82) is 0 Å². The van der Waals surface area contributed by atoms with Gasteiger partial charge in [0, 0.05) is 39.3 Å². The maximum Gasteiger partial charge on any atom is 0.253 e. The Balaban J connectivity index is 1.82. The van der Waals surface area contributed by atoms with Crippen LogP contribution in [-0.4, -0.2) is 69.1 Å². The van der Waals surface area contributed by atoms with Gasteiger partial charge in [-0.15, -0.1) is 0 Å². The summed E-state index contributed by atoms with van der Waals surface area (Å²) >= 11 is 0. The van der Waals surface area contributed by atoms with Gasteiger partial charge in [-0.3, -0.25) is 9.69 Å². The number of ether oxygens (including phenoxy) is 1. The first-order chi connectivity index (χ1) is 10.1. The van der Waals surface area contributed by atoms with E-state index in [0.29, 0.717) is 23.5 Å². The summed E-state index contributed by atoms with van der Waals surface area (Å²) in [5.41, 5.74) is 6.77. The minimum Gasteiger partial charge on any atom is -0.495 e. The van der Waals surface area contributed by atoms with E-state index in [1.165, 1.54) is 0 Å². The van der Waals surface area contributed by atoms with E-state index >= 15 is 0 Å². The lowest BCUT2D eigenvalue weighted by Crippen LogP contribution is -2.46. The fourth-order valence-corrected chi connectivity index (χ4v) is 2.41. The molecule has 0 spiro atoms. The molecule has 1 amide bonds. The van der Waals surface area contributed by atoms with Gasteiger partial charge in [-0.05, 0) is 19.2 Å². The number of nitrogens with zero attached hydrogens (tertiary/aromatic N) is 2. The minimum atomic E-state index is -0.152. The van der Waals surface area contributed by atoms with Crippen LogP contribution in [0.1, 0.15) is 10.4 Å². The predicted octanol–water partition coefficient (Wildman–Crippen LogP) is 0.255. The van der Waals surface area contributed by atoms with Gasteiger partial charge in [0.15, 0.2) is 0 Å². The summed E-state index contributed by atoms with van der Waals surface area (Å²) in [4.78, 5) is 16.8. The highest BCUT2D eigenvalue weighted by Crippen LogP contribution is 2.24. The van der Waals surface area contributed by atoms with Crippen molar-refractivity contribution in [1.82, 2.24) is 15.1 Å². The molecule has 1 saturated heterocycles. The van der Waals surface area contributed by atoms with Crippen LogP contribution in [0, 0.1) is 0 Å². The zero-order valence-corrected chi connectivity index (χ0v) is 12.8. The maximum absolute atomic E-state index is 12.2. The first-order valence-corrected chi connectivity index (χ1v) is 7.23. The maximum atomic E-state index is 12.2. The summed E-state index contributed by atoms with van der Waals surface area (Å²) in [6, 6.07) is 5.23. The number of hydrogen-bond donors (Lipinski definition) is 2. The molecule has 0 aromatic heterocycles. The molecule has 0 unspecified atom stereocenters. The molecule has 116 valence electrons. The first-order valence-electron chi connectivity index (χ1n) is 7.23. The average Bonchev–Trinajstić information content (AvgIpc) is 2.49. The van der Waals surface area contributed by atoms with Crippen molar-refractivity contribution in [2.75, 3.05) is 59.2 Å². The number of nitrogens with one attached hydrogen (secondary N) is 1. The third kappa shape index (κ3) is 4.09. The molecule has 0 saturated carbocycles. The van der Waals surface area contributed by atoms with Crippen LogP contribution in [0.4, 0.5) is 5.69 Å². The Kier molecular flexibility index (Phi) is 5.41. The molecule has 1 aromatic carbocycles. The second-order valence-corrected chi connectivity index (χ2v) is 5.32. The van der Waals surface area contributed by atoms with Gasteiger partial charge in [0.25, 0.3) is 5.91 Å². The molecule has 1 aromatic rings. The molecule has 1 aliphatic rings. The summed E-state index contributed by atoms with van der Waals surface area (Å²) in [5.74, 6) is 0.377. The number of methoxy groups -OCH3 is 1. The average molecular weight is 292 g/mol. The Labute approximate surface area is 125 Å². The molecular formula is C15H24N4O2. The number of anilines is 1. The molecule has 21 heavy (non-hydrogen) atoms. The van der Waals surface area contributed by atoms with Crippen molar-refractivity contribution in [2.45, 2.75) is 0 Å². The highest BCUT2D eigenvalue weighted by molar-refractivity contribution is 6.00. The second-order valence-electron chi connectivity index (χ2n) is 5.32. The molecule has 1 aliphatic heterocycles. The molecule has 6 heteroatoms. The third-order valence-corrected chi connectivity index (χ3v) is 3.84. The molecular weight excluding hydrogens is 268 g/mol. The number of rotatable bonds is 5. The minimum absolute atomic E-state index is 0.152. The van der Waals surface area contributed by atoms with Crippen molar-refractivity contribution in [2.24, 2.45) is 0 Å². The van der Waals surface area contributed by atoms with E-state index in [9.17, 15) is 4.79 Å². The highest BCUT2D eigenvalue weighted by atomic mass is 16.5. The van der Waals surface area contributed by atoms with Crippen molar-refractivity contribution in [3.8, 4) is 5.75 Å². The van der Waals surface area contributed by atoms with Crippen LogP contribution in [0.15, 0.2) is 18.2 Å². The lowest BCUT2D eigenvalue weighted by Gasteiger charge is -2.32. The monoisotopic (exact) mass is 292 g/mol. The van der Waals surface area contributed by atoms with Crippen LogP contribution >= 0.6 is 0 Å². The van der Waals surface area contributed by atoms with Gasteiger partial charge in [-0.25, -0.2) is 0 Å². The first kappa shape index (κ1) is 15.6. The quantitative estimate of drug-likeness (QED) is 0.762. The number of piperazine rings is 1. The zero-order chi connectivity index (χ0) is 15.2. The predicted molar refractivity (Wildman–Crippen MR) is 83.7 cm³/mol. The number of benzene rings is 1. The van der Waals surface area contributed by atoms with Gasteiger partial charge in [0.05, 0.1) is 18.4 Å². The van der Waals surface area contributed by atoms with E-state index in [2.05, 4.69) is 22.2 Å². The summed E-state index contributed by atoms with van der Waals surface area (Å²) in [7, 11) is 3.67. The van der Waals surface area contributed by atoms with Crippen molar-refractivity contribution in [3.63, 3.8) is 0 Å². The SMILES string of the molecule is COc1cccc(C(=O)NCCN2CCN(C)CC2)c1N. The summed E-state index contributed by atoms with van der Waals surface area (Å²) < 4.78 is 5.13. The number of likely N-dealkylation sites (N-methyl/N-ethyl adjacent to an activating group) is 1. The summed E-state index contributed by atoms with van der Waals surface area (Å²) in [5, 5.41) is 2.92. The second kappa shape index (κ2) is 7.28. The fourth-order valence-electron chi connectivity index (χ4n) is 2.41. The van der Waals surface area contributed by atoms with E-state index < -0.39 is 0 Å². The van der Waals surface area contributed by atoms with Gasteiger partial charge in [-0.1, -0.05) is 6.07 Å². The largest absolute Gasteiger partial charge is 0.495 e. The number of nitrogens with two attached hydrogens (primary N) is 1. The van der Waals surface area contributed by atoms with Gasteiger partial charge in [0.2, 0.25) is 0 Å². The van der Waals surface area contributed by atoms with E-state index in [1.807, 2.05) is 0 Å². The molecule has 1 fully saturated rings. The molecule has 0 radical (unpaired) electrons. The van der Waals surface area contributed by atoms with E-state index in [0.717, 1.165) is 32.7 Å². The van der Waals surface area contributed by atoms with Gasteiger partial charge < -0.3 is 20.7 Å². The standard InChI is InChI=1S/C15H24N4O2/c1-18-8-10-19(11-9-18)7-6-17-15(20)12-4-3-5-13(21-2)14(12)16/h3-5H,6-11,16H2,1-2H3,(H,17,20). The smallest absolute Gasteiger partial charge is 0.253 e. The fraction of sp³-hybridized carbons (Fsp3) is 0.533. The normalized spacial score (nSPS) is 16.7. The van der Waals surface area contributed by atoms with Gasteiger partial charge in [-0.2, -0.15) is 0 Å². The summed E-state index contributed by atoms with van der Waals surface area (Å²) in [6.07, 6.45) is 0. The van der Waals surface area contributed by atoms with E-state index in [1.54, 1.807) is 25.3 Å². The Morgan fingerprint density at radius 3 is 2.71 bits per heavy atom. The third-order valence-electron chi connectivity index (χ3n) is 3.84. The van der Waals surface area contributed by atoms with E-state index in [4.69, 9.17) is 10.5 Å². The molecule has 2 rings (SSSR count). The van der Waals surface area contributed by atoms with Crippen molar-refractivity contribution >= 4 is 11.6 Å². The highest BCUT2D eigenvalue weighted by Gasteiger charge is 2.15. The van der Waals surface area contributed by atoms with Crippen molar-refractivity contribution < 1.29 is 9.53 Å². The lowest BCUT2D eigenvalue weighted by molar-refractivity contribution is 0.0941. The molecule has 0 aliphatic carbocycles. The Morgan fingerprint density at radius 2 is 2.05 bits per heavy atom. The number of carbonyl (C=O) groups is 1. The number of nitrogen functional groups attached to an aromatic ring is 1. The molecule has 6 nitrogen and oxygen atoms in total. The van der Waals surface area contributed by atoms with Gasteiger partial charge >= 0.3 is 0 Å². The lowest BCUT2D eigenvalue weighted by atomic mass is 10.1. The Bertz CT molecular complexity index is 485. The molecule has 3 N–H and O–H groups in total. The number of hydrogen-bond acceptors (Lipinski definition) is 5. The summed E-state index contributed by atoms with van der Waals surface area (Å²) in [6.45, 7) is 5.75. The Hall–Kier alpha value is -1.79. The van der Waals surface area contributed by atoms with Gasteiger partial charge in [0.1, 0.15) is 5.75 Å². The molecule has 1 heterocycles. The van der Waals surface area contributed by atoms with Crippen LogP contribution < -0.4 is 15.8 Å². The van der Waals surface area contributed by atoms with Crippen LogP contribution in [-0.2, 0) is 0 Å². The van der Waals surface area contributed by atoms with Crippen LogP contribution in [0.25, 0.3) is 0 Å². The van der Waals surface area contributed by atoms with Crippen molar-refractivity contribution in [3.05, 3.63) is 23.8 Å². The molecule has 0 atom stereocenters. The van der Waals surface area contributed by atoms with E-state index in [-0.39, 0.29) is 5.91 Å². The number of para-hydroxylation sites is 1. The number of amides is 1. The number of carbonyl (C=O) groups excluding carboxylic acids is 1. The van der Waals surface area contributed by atoms with Crippen LogP contribution in [0.3, 0.4) is 0 Å². The Morgan fingerprint density at radius 1 is 1.33 bits per heavy atom. The van der Waals surface area contributed by atoms with Crippen LogP contribution in [0.2, 0.25) is 0 Å².